The van der Waals surface area contributed by atoms with Gasteiger partial charge in [-0.05, 0) is 49.7 Å². The van der Waals surface area contributed by atoms with Crippen LogP contribution in [-0.2, 0) is 6.54 Å². The molecule has 9 heteroatoms. The molecule has 0 saturated heterocycles. The van der Waals surface area contributed by atoms with Crippen molar-refractivity contribution < 1.29 is 28.1 Å². The Morgan fingerprint density at radius 1 is 0.868 bits per heavy atom. The average molecular weight is 541 g/mol. The molecule has 4 aromatic rings. The number of aryl methyl sites for hydroxylation is 1. The van der Waals surface area contributed by atoms with E-state index in [1.165, 1.54) is 4.68 Å². The maximum Gasteiger partial charge on any atom is 0.249 e. The monoisotopic (exact) mass is 540 g/mol. The highest BCUT2D eigenvalue weighted by Gasteiger charge is 2.21. The number of nitrogens with zero attached hydrogens (tertiary/aromatic N) is 2. The van der Waals surface area contributed by atoms with E-state index in [0.29, 0.717) is 40.2 Å². The molecule has 0 bridgehead atoms. The summed E-state index contributed by atoms with van der Waals surface area (Å²) in [5, 5.41) is 4.88. The van der Waals surface area contributed by atoms with Gasteiger partial charge < -0.3 is 23.7 Å². The molecule has 200 valence electrons. The molecule has 1 heterocycles. The summed E-state index contributed by atoms with van der Waals surface area (Å²) < 4.78 is 44.6. The van der Waals surface area contributed by atoms with Gasteiger partial charge in [0.2, 0.25) is 17.4 Å². The van der Waals surface area contributed by atoms with E-state index < -0.39 is 5.82 Å². The largest absolute Gasteiger partial charge is 0.493 e. The third-order valence-electron chi connectivity index (χ3n) is 5.93. The number of rotatable bonds is 11. The van der Waals surface area contributed by atoms with Crippen LogP contribution >= 0.6 is 11.6 Å². The molecule has 0 spiro atoms. The molecule has 0 aliphatic rings. The summed E-state index contributed by atoms with van der Waals surface area (Å²) in [6, 6.07) is 16.6. The van der Waals surface area contributed by atoms with Gasteiger partial charge in [0.05, 0.1) is 39.5 Å². The van der Waals surface area contributed by atoms with Gasteiger partial charge in [-0.15, -0.1) is 0 Å². The van der Waals surface area contributed by atoms with Gasteiger partial charge in [-0.2, -0.15) is 9.49 Å². The predicted molar refractivity (Wildman–Crippen MR) is 146 cm³/mol. The number of ether oxygens (including phenoxy) is 5. The summed E-state index contributed by atoms with van der Waals surface area (Å²) in [6.07, 6.45) is 0. The van der Waals surface area contributed by atoms with E-state index in [2.05, 4.69) is 5.10 Å². The van der Waals surface area contributed by atoms with Crippen LogP contribution in [0.5, 0.6) is 28.9 Å². The number of methoxy groups -OCH3 is 3. The molecule has 4 rings (SSSR count). The van der Waals surface area contributed by atoms with Crippen LogP contribution in [0.4, 0.5) is 4.39 Å². The smallest absolute Gasteiger partial charge is 0.249 e. The zero-order valence-electron chi connectivity index (χ0n) is 22.0. The van der Waals surface area contributed by atoms with Crippen LogP contribution < -0.4 is 23.7 Å². The van der Waals surface area contributed by atoms with Crippen molar-refractivity contribution in [3.05, 3.63) is 71.0 Å². The van der Waals surface area contributed by atoms with Crippen LogP contribution in [0.2, 0.25) is 5.02 Å². The lowest BCUT2D eigenvalue weighted by Gasteiger charge is -2.16. The van der Waals surface area contributed by atoms with Gasteiger partial charge in [0.25, 0.3) is 0 Å². The zero-order chi connectivity index (χ0) is 27.2. The third-order valence-corrected chi connectivity index (χ3v) is 6.23. The van der Waals surface area contributed by atoms with E-state index in [1.54, 1.807) is 46.5 Å². The molecule has 0 aliphatic heterocycles. The fraction of sp³-hybridized carbons (Fsp3) is 0.276. The molecule has 7 nitrogen and oxygen atoms in total. The van der Waals surface area contributed by atoms with Gasteiger partial charge >= 0.3 is 0 Å². The van der Waals surface area contributed by atoms with Gasteiger partial charge in [0.1, 0.15) is 18.1 Å². The second-order valence-electron chi connectivity index (χ2n) is 8.37. The minimum Gasteiger partial charge on any atom is -0.493 e. The molecule has 0 radical (unpaired) electrons. The van der Waals surface area contributed by atoms with Crippen molar-refractivity contribution in [1.29, 1.82) is 0 Å². The van der Waals surface area contributed by atoms with Gasteiger partial charge in [0, 0.05) is 11.1 Å². The Bertz CT molecular complexity index is 1420. The van der Waals surface area contributed by atoms with Crippen LogP contribution in [0, 0.1) is 12.7 Å². The lowest BCUT2D eigenvalue weighted by atomic mass is 10.0. The van der Waals surface area contributed by atoms with E-state index in [9.17, 15) is 0 Å². The molecule has 0 amide bonds. The summed E-state index contributed by atoms with van der Waals surface area (Å²) in [7, 11) is 4.69. The van der Waals surface area contributed by atoms with E-state index in [0.717, 1.165) is 16.7 Å². The molecule has 0 N–H and O–H groups in total. The van der Waals surface area contributed by atoms with E-state index in [4.69, 9.17) is 35.3 Å². The van der Waals surface area contributed by atoms with Crippen LogP contribution in [0.1, 0.15) is 12.5 Å². The van der Waals surface area contributed by atoms with Gasteiger partial charge in [0.15, 0.2) is 11.5 Å². The lowest BCUT2D eigenvalue weighted by molar-refractivity contribution is 0.253. The maximum absolute atomic E-state index is 15.2. The van der Waals surface area contributed by atoms with E-state index >= 15 is 4.39 Å². The maximum atomic E-state index is 15.2. The highest BCUT2D eigenvalue weighted by Crippen LogP contribution is 2.45. The molecule has 0 fully saturated rings. The molecule has 3 aromatic carbocycles. The van der Waals surface area contributed by atoms with E-state index in [-0.39, 0.29) is 24.7 Å². The van der Waals surface area contributed by atoms with Crippen molar-refractivity contribution >= 4 is 11.6 Å². The Morgan fingerprint density at radius 3 is 2.29 bits per heavy atom. The van der Waals surface area contributed by atoms with Crippen molar-refractivity contribution in [1.82, 2.24) is 9.78 Å². The minimum absolute atomic E-state index is 0.0783. The van der Waals surface area contributed by atoms with Gasteiger partial charge in [-0.1, -0.05) is 41.4 Å². The first-order valence-electron chi connectivity index (χ1n) is 12.1. The molecule has 0 atom stereocenters. The summed E-state index contributed by atoms with van der Waals surface area (Å²) in [4.78, 5) is 0. The number of hydrogen-bond acceptors (Lipinski definition) is 6. The average Bonchev–Trinajstić information content (AvgIpc) is 3.23. The second kappa shape index (κ2) is 12.1. The first-order chi connectivity index (χ1) is 18.4. The molecule has 0 aliphatic carbocycles. The highest BCUT2D eigenvalue weighted by molar-refractivity contribution is 6.32. The minimum atomic E-state index is -0.497. The van der Waals surface area contributed by atoms with Crippen LogP contribution in [0.3, 0.4) is 0 Å². The van der Waals surface area contributed by atoms with Crippen molar-refractivity contribution in [2.75, 3.05) is 34.5 Å². The van der Waals surface area contributed by atoms with Crippen molar-refractivity contribution in [2.24, 2.45) is 0 Å². The summed E-state index contributed by atoms with van der Waals surface area (Å²) in [6.45, 7) is 4.52. The molecule has 0 saturated carbocycles. The van der Waals surface area contributed by atoms with Crippen LogP contribution in [-0.4, -0.2) is 44.3 Å². The Kier molecular flexibility index (Phi) is 8.63. The Balaban J connectivity index is 1.53. The van der Waals surface area contributed by atoms with Crippen molar-refractivity contribution in [2.45, 2.75) is 20.4 Å². The molecular weight excluding hydrogens is 511 g/mol. The SMILES string of the molecule is CCOc1c(F)c(-c2cccc(C)c2)nn1CCOc1ccc(-c2ccc(OC)c(OC)c2OC)cc1Cl. The van der Waals surface area contributed by atoms with Crippen LogP contribution in [0.25, 0.3) is 22.4 Å². The molecular formula is C29H30ClFN2O5. The summed E-state index contributed by atoms with van der Waals surface area (Å²) in [5.41, 5.74) is 3.55. The Labute approximate surface area is 226 Å². The first-order valence-corrected chi connectivity index (χ1v) is 12.5. The van der Waals surface area contributed by atoms with Crippen molar-refractivity contribution in [3.8, 4) is 51.3 Å². The molecule has 0 unspecified atom stereocenters. The van der Waals surface area contributed by atoms with Crippen LogP contribution in [0.15, 0.2) is 54.6 Å². The van der Waals surface area contributed by atoms with E-state index in [1.807, 2.05) is 43.3 Å². The highest BCUT2D eigenvalue weighted by atomic mass is 35.5. The Hall–Kier alpha value is -3.91. The van der Waals surface area contributed by atoms with Gasteiger partial charge in [-0.3, -0.25) is 0 Å². The lowest BCUT2D eigenvalue weighted by Crippen LogP contribution is -2.12. The quantitative estimate of drug-likeness (QED) is 0.208. The fourth-order valence-corrected chi connectivity index (χ4v) is 4.42. The fourth-order valence-electron chi connectivity index (χ4n) is 4.18. The summed E-state index contributed by atoms with van der Waals surface area (Å²) >= 11 is 6.57. The normalized spacial score (nSPS) is 10.8. The van der Waals surface area contributed by atoms with Crippen molar-refractivity contribution in [3.63, 3.8) is 0 Å². The van der Waals surface area contributed by atoms with Gasteiger partial charge in [-0.25, -0.2) is 4.68 Å². The third kappa shape index (κ3) is 5.50. The topological polar surface area (TPSA) is 64.0 Å². The second-order valence-corrected chi connectivity index (χ2v) is 8.78. The first kappa shape index (κ1) is 27.1. The number of halogens is 2. The zero-order valence-corrected chi connectivity index (χ0v) is 22.8. The molecule has 1 aromatic heterocycles. The summed E-state index contributed by atoms with van der Waals surface area (Å²) in [5.74, 6) is 1.65. The molecule has 38 heavy (non-hydrogen) atoms. The number of hydrogen-bond donors (Lipinski definition) is 0. The predicted octanol–water partition coefficient (Wildman–Crippen LogP) is 6.82. The standard InChI is InChI=1S/C29H30ClFN2O5/c1-6-37-29-25(31)26(20-9-7-8-18(2)16-20)32-33(29)14-15-38-23-12-10-19(17-22(23)30)21-11-13-24(34-3)28(36-5)27(21)35-4/h7-13,16-17H,6,14-15H2,1-5H3. The Morgan fingerprint density at radius 2 is 1.63 bits per heavy atom. The number of aromatic nitrogens is 2. The number of benzene rings is 3.